The minimum absolute atomic E-state index is 0.0164. The number of amides is 2. The highest BCUT2D eigenvalue weighted by atomic mass is 32.1. The summed E-state index contributed by atoms with van der Waals surface area (Å²) >= 11 is 1.55. The third kappa shape index (κ3) is 5.74. The van der Waals surface area contributed by atoms with Crippen LogP contribution in [0.1, 0.15) is 36.7 Å². The molecule has 4 rings (SSSR count). The van der Waals surface area contributed by atoms with Gasteiger partial charge in [0.15, 0.2) is 0 Å². The van der Waals surface area contributed by atoms with E-state index < -0.39 is 0 Å². The summed E-state index contributed by atoms with van der Waals surface area (Å²) in [6, 6.07) is 18.8. The highest BCUT2D eigenvalue weighted by Gasteiger charge is 2.15. The van der Waals surface area contributed by atoms with Gasteiger partial charge in [0.1, 0.15) is 5.01 Å². The van der Waals surface area contributed by atoms with Crippen molar-refractivity contribution in [3.8, 4) is 21.8 Å². The van der Waals surface area contributed by atoms with Gasteiger partial charge in [-0.2, -0.15) is 0 Å². The first kappa shape index (κ1) is 23.3. The van der Waals surface area contributed by atoms with E-state index in [4.69, 9.17) is 4.98 Å². The predicted octanol–water partition coefficient (Wildman–Crippen LogP) is 5.54. The zero-order chi connectivity index (χ0) is 24.1. The predicted molar refractivity (Wildman–Crippen MR) is 137 cm³/mol. The number of thiazole rings is 1. The summed E-state index contributed by atoms with van der Waals surface area (Å²) in [5, 5.41) is 8.41. The van der Waals surface area contributed by atoms with E-state index in [9.17, 15) is 9.59 Å². The van der Waals surface area contributed by atoms with Gasteiger partial charge in [0.05, 0.1) is 12.2 Å². The van der Waals surface area contributed by atoms with Crippen LogP contribution in [0, 0.1) is 0 Å². The number of hydrogen-bond donors (Lipinski definition) is 2. The van der Waals surface area contributed by atoms with Crippen LogP contribution < -0.4 is 10.6 Å². The normalized spacial score (nSPS) is 11.1. The molecule has 0 unspecified atom stereocenters. The SMILES string of the molecule is CC(C)(C)c1ccc(C(=O)NCC(=O)Nc2cccc(-c3csc(-c4ccncc4)n3)c2)cc1. The summed E-state index contributed by atoms with van der Waals surface area (Å²) < 4.78 is 0. The molecule has 2 aromatic heterocycles. The maximum Gasteiger partial charge on any atom is 0.251 e. The van der Waals surface area contributed by atoms with E-state index in [1.165, 1.54) is 0 Å². The zero-order valence-electron chi connectivity index (χ0n) is 19.3. The van der Waals surface area contributed by atoms with E-state index in [0.29, 0.717) is 11.3 Å². The van der Waals surface area contributed by atoms with Gasteiger partial charge in [-0.1, -0.05) is 45.0 Å². The lowest BCUT2D eigenvalue weighted by Gasteiger charge is -2.19. The van der Waals surface area contributed by atoms with Crippen LogP contribution in [0.25, 0.3) is 21.8 Å². The van der Waals surface area contributed by atoms with Crippen LogP contribution >= 0.6 is 11.3 Å². The van der Waals surface area contributed by atoms with Crippen LogP contribution in [-0.2, 0) is 10.2 Å². The fourth-order valence-electron chi connectivity index (χ4n) is 3.38. The van der Waals surface area contributed by atoms with Gasteiger partial charge in [-0.25, -0.2) is 4.98 Å². The molecule has 0 bridgehead atoms. The Morgan fingerprint density at radius 3 is 2.38 bits per heavy atom. The van der Waals surface area contributed by atoms with Crippen molar-refractivity contribution in [3.63, 3.8) is 0 Å². The molecule has 0 saturated heterocycles. The molecule has 6 nitrogen and oxygen atoms in total. The van der Waals surface area contributed by atoms with E-state index >= 15 is 0 Å². The monoisotopic (exact) mass is 470 g/mol. The molecule has 0 radical (unpaired) electrons. The number of pyridine rings is 1. The summed E-state index contributed by atoms with van der Waals surface area (Å²) in [5.41, 5.74) is 5.08. The van der Waals surface area contributed by atoms with Crippen LogP contribution in [-0.4, -0.2) is 28.3 Å². The van der Waals surface area contributed by atoms with Gasteiger partial charge in [-0.15, -0.1) is 11.3 Å². The van der Waals surface area contributed by atoms with Gasteiger partial charge in [-0.05, 0) is 47.4 Å². The number of rotatable bonds is 6. The number of nitrogens with zero attached hydrogens (tertiary/aromatic N) is 2. The fourth-order valence-corrected chi connectivity index (χ4v) is 4.21. The lowest BCUT2D eigenvalue weighted by atomic mass is 9.87. The smallest absolute Gasteiger partial charge is 0.251 e. The Hall–Kier alpha value is -3.84. The molecule has 0 aliphatic heterocycles. The van der Waals surface area contributed by atoms with Gasteiger partial charge in [-0.3, -0.25) is 14.6 Å². The van der Waals surface area contributed by atoms with Crippen molar-refractivity contribution in [2.45, 2.75) is 26.2 Å². The molecular formula is C27H26N4O2S. The summed E-state index contributed by atoms with van der Waals surface area (Å²) in [4.78, 5) is 33.6. The molecule has 2 N–H and O–H groups in total. The van der Waals surface area contributed by atoms with Crippen LogP contribution in [0.4, 0.5) is 5.69 Å². The lowest BCUT2D eigenvalue weighted by molar-refractivity contribution is -0.115. The number of aromatic nitrogens is 2. The van der Waals surface area contributed by atoms with Crippen LogP contribution in [0.15, 0.2) is 78.4 Å². The fraction of sp³-hybridized carbons (Fsp3) is 0.185. The minimum atomic E-state index is -0.299. The van der Waals surface area contributed by atoms with E-state index in [-0.39, 0.29) is 23.8 Å². The van der Waals surface area contributed by atoms with Crippen LogP contribution in [0.3, 0.4) is 0 Å². The van der Waals surface area contributed by atoms with Crippen molar-refractivity contribution in [1.82, 2.24) is 15.3 Å². The van der Waals surface area contributed by atoms with Crippen molar-refractivity contribution in [1.29, 1.82) is 0 Å². The van der Waals surface area contributed by atoms with Crippen molar-refractivity contribution >= 4 is 28.8 Å². The van der Waals surface area contributed by atoms with Gasteiger partial charge in [0, 0.05) is 40.2 Å². The summed E-state index contributed by atoms with van der Waals surface area (Å²) in [5.74, 6) is -0.581. The Morgan fingerprint density at radius 2 is 1.68 bits per heavy atom. The molecule has 2 heterocycles. The van der Waals surface area contributed by atoms with Gasteiger partial charge < -0.3 is 10.6 Å². The van der Waals surface area contributed by atoms with E-state index in [1.54, 1.807) is 35.9 Å². The van der Waals surface area contributed by atoms with Crippen molar-refractivity contribution in [2.75, 3.05) is 11.9 Å². The maximum atomic E-state index is 12.4. The van der Waals surface area contributed by atoms with Crippen molar-refractivity contribution in [2.24, 2.45) is 0 Å². The van der Waals surface area contributed by atoms with Crippen molar-refractivity contribution < 1.29 is 9.59 Å². The Labute approximate surface area is 203 Å². The largest absolute Gasteiger partial charge is 0.343 e. The molecule has 0 fully saturated rings. The Bertz CT molecular complexity index is 1290. The second-order valence-corrected chi connectivity index (χ2v) is 9.77. The van der Waals surface area contributed by atoms with Gasteiger partial charge in [0.25, 0.3) is 5.91 Å². The number of carbonyl (C=O) groups excluding carboxylic acids is 2. The highest BCUT2D eigenvalue weighted by molar-refractivity contribution is 7.13. The first-order chi connectivity index (χ1) is 16.3. The molecule has 0 spiro atoms. The molecular weight excluding hydrogens is 444 g/mol. The van der Waals surface area contributed by atoms with Crippen LogP contribution in [0.5, 0.6) is 0 Å². The van der Waals surface area contributed by atoms with E-state index in [0.717, 1.165) is 27.4 Å². The molecule has 4 aromatic rings. The van der Waals surface area contributed by atoms with E-state index in [2.05, 4.69) is 36.4 Å². The first-order valence-electron chi connectivity index (χ1n) is 10.9. The molecule has 7 heteroatoms. The average Bonchev–Trinajstić information content (AvgIpc) is 3.33. The summed E-state index contributed by atoms with van der Waals surface area (Å²) in [6.07, 6.45) is 3.48. The van der Waals surface area contributed by atoms with Crippen LogP contribution in [0.2, 0.25) is 0 Å². The minimum Gasteiger partial charge on any atom is -0.343 e. The number of anilines is 1. The lowest BCUT2D eigenvalue weighted by Crippen LogP contribution is -2.32. The Kier molecular flexibility index (Phi) is 6.84. The molecule has 0 aliphatic carbocycles. The second kappa shape index (κ2) is 9.97. The average molecular weight is 471 g/mol. The Balaban J connectivity index is 1.35. The number of benzene rings is 2. The quantitative estimate of drug-likeness (QED) is 0.388. The topological polar surface area (TPSA) is 84.0 Å². The number of nitrogens with one attached hydrogen (secondary N) is 2. The second-order valence-electron chi connectivity index (χ2n) is 8.91. The van der Waals surface area contributed by atoms with Gasteiger partial charge in [0.2, 0.25) is 5.91 Å². The molecule has 2 aromatic carbocycles. The Morgan fingerprint density at radius 1 is 0.941 bits per heavy atom. The number of hydrogen-bond acceptors (Lipinski definition) is 5. The maximum absolute atomic E-state index is 12.4. The molecule has 34 heavy (non-hydrogen) atoms. The zero-order valence-corrected chi connectivity index (χ0v) is 20.1. The molecule has 172 valence electrons. The standard InChI is InChI=1S/C27H26N4O2S/c1-27(2,3)21-9-7-18(8-10-21)25(33)29-16-24(32)30-22-6-4-5-20(15-22)23-17-34-26(31-23)19-11-13-28-14-12-19/h4-15,17H,16H2,1-3H3,(H,29,33)(H,30,32). The van der Waals surface area contributed by atoms with Gasteiger partial charge >= 0.3 is 0 Å². The molecule has 0 aliphatic rings. The molecule has 0 atom stereocenters. The molecule has 2 amide bonds. The first-order valence-corrected chi connectivity index (χ1v) is 11.8. The summed E-state index contributed by atoms with van der Waals surface area (Å²) in [7, 11) is 0. The number of carbonyl (C=O) groups is 2. The van der Waals surface area contributed by atoms with Crippen molar-refractivity contribution in [3.05, 3.63) is 89.6 Å². The third-order valence-corrected chi connectivity index (χ3v) is 6.19. The highest BCUT2D eigenvalue weighted by Crippen LogP contribution is 2.29. The molecule has 0 saturated carbocycles. The summed E-state index contributed by atoms with van der Waals surface area (Å²) in [6.45, 7) is 6.24. The third-order valence-electron chi connectivity index (χ3n) is 5.30. The van der Waals surface area contributed by atoms with E-state index in [1.807, 2.05) is 53.9 Å².